The van der Waals surface area contributed by atoms with Crippen LogP contribution in [0.15, 0.2) is 32.8 Å². The van der Waals surface area contributed by atoms with Crippen molar-refractivity contribution >= 4 is 34.4 Å². The molecule has 5 rings (SSSR count). The molecule has 1 aromatic carbocycles. The number of nitrogens with zero attached hydrogens (tertiary/aromatic N) is 3. The van der Waals surface area contributed by atoms with Gasteiger partial charge < -0.3 is 5.32 Å². The van der Waals surface area contributed by atoms with E-state index in [-0.39, 0.29) is 23.8 Å². The van der Waals surface area contributed by atoms with Crippen LogP contribution in [0.25, 0.3) is 11.0 Å². The molecule has 2 aliphatic rings. The average Bonchev–Trinajstić information content (AvgIpc) is 3.67. The van der Waals surface area contributed by atoms with E-state index in [2.05, 4.69) is 29.1 Å². The smallest absolute Gasteiger partial charge is 0.325 e. The number of anilines is 1. The standard InChI is InChI=1S/C25H29N5O3S/c1-12(2)17-7-5-6-13(3)19(17)26-22(31)14(4)34-24-18-21(27-20(28-24)15-8-9-15)30(16-10-11-16)25(33)29-23(18)32/h5-7,12,14-16H,8-11H2,1-4H3,(H,26,31)(H,29,32,33)/t14-/m1/s1. The van der Waals surface area contributed by atoms with Crippen LogP contribution >= 0.6 is 11.8 Å². The Labute approximate surface area is 201 Å². The average molecular weight is 480 g/mol. The van der Waals surface area contributed by atoms with Gasteiger partial charge in [-0.25, -0.2) is 14.8 Å². The van der Waals surface area contributed by atoms with E-state index in [4.69, 9.17) is 4.98 Å². The number of benzene rings is 1. The Balaban J connectivity index is 1.52. The maximum atomic E-state index is 13.2. The summed E-state index contributed by atoms with van der Waals surface area (Å²) in [7, 11) is 0. The molecular formula is C25H29N5O3S. The molecule has 0 radical (unpaired) electrons. The minimum atomic E-state index is -0.509. The van der Waals surface area contributed by atoms with Crippen molar-refractivity contribution in [3.63, 3.8) is 0 Å². The van der Waals surface area contributed by atoms with Crippen molar-refractivity contribution in [1.82, 2.24) is 19.5 Å². The molecule has 0 spiro atoms. The molecule has 0 saturated heterocycles. The van der Waals surface area contributed by atoms with Gasteiger partial charge in [0.2, 0.25) is 5.91 Å². The molecule has 8 nitrogen and oxygen atoms in total. The third kappa shape index (κ3) is 4.29. The minimum absolute atomic E-state index is 0.0582. The number of H-pyrrole nitrogens is 1. The Morgan fingerprint density at radius 2 is 1.88 bits per heavy atom. The zero-order chi connectivity index (χ0) is 24.1. The SMILES string of the molecule is Cc1cccc(C(C)C)c1NC(=O)[C@@H](C)Sc1nc(C2CC2)nc2c1c(=O)[nH]c(=O)n2C1CC1. The quantitative estimate of drug-likeness (QED) is 0.387. The number of amides is 1. The number of aromatic amines is 1. The number of carbonyl (C=O) groups excluding carboxylic acids is 1. The van der Waals surface area contributed by atoms with Crippen LogP contribution in [0, 0.1) is 6.92 Å². The molecule has 9 heteroatoms. The first kappa shape index (κ1) is 22.8. The molecule has 3 aromatic rings. The van der Waals surface area contributed by atoms with E-state index in [1.165, 1.54) is 11.8 Å². The topological polar surface area (TPSA) is 110 Å². The molecule has 0 bridgehead atoms. The van der Waals surface area contributed by atoms with E-state index in [1.54, 1.807) is 4.57 Å². The Morgan fingerprint density at radius 3 is 2.53 bits per heavy atom. The second-order valence-electron chi connectivity index (χ2n) is 9.66. The van der Waals surface area contributed by atoms with E-state index >= 15 is 0 Å². The Hall–Kier alpha value is -2.94. The second kappa shape index (κ2) is 8.69. The third-order valence-electron chi connectivity index (χ3n) is 6.46. The fraction of sp³-hybridized carbons (Fsp3) is 0.480. The molecule has 2 saturated carbocycles. The number of nitrogens with one attached hydrogen (secondary N) is 2. The van der Waals surface area contributed by atoms with Crippen LogP contribution in [0.2, 0.25) is 0 Å². The third-order valence-corrected chi connectivity index (χ3v) is 7.54. The number of thioether (sulfide) groups is 1. The molecule has 0 aliphatic heterocycles. The van der Waals surface area contributed by atoms with Gasteiger partial charge in [-0.05, 0) is 56.6 Å². The molecule has 0 unspecified atom stereocenters. The summed E-state index contributed by atoms with van der Waals surface area (Å²) in [5.41, 5.74) is 2.38. The van der Waals surface area contributed by atoms with Crippen molar-refractivity contribution in [2.75, 3.05) is 5.32 Å². The summed E-state index contributed by atoms with van der Waals surface area (Å²) < 4.78 is 1.60. The van der Waals surface area contributed by atoms with Crippen LogP contribution in [0.5, 0.6) is 0 Å². The number of para-hydroxylation sites is 1. The molecule has 2 N–H and O–H groups in total. The summed E-state index contributed by atoms with van der Waals surface area (Å²) in [5, 5.41) is 3.34. The van der Waals surface area contributed by atoms with Crippen molar-refractivity contribution in [1.29, 1.82) is 0 Å². The first-order chi connectivity index (χ1) is 16.2. The predicted octanol–water partition coefficient (Wildman–Crippen LogP) is 4.24. The summed E-state index contributed by atoms with van der Waals surface area (Å²) >= 11 is 1.24. The lowest BCUT2D eigenvalue weighted by atomic mass is 9.98. The van der Waals surface area contributed by atoms with Crippen molar-refractivity contribution in [2.24, 2.45) is 0 Å². The van der Waals surface area contributed by atoms with Crippen LogP contribution in [-0.2, 0) is 4.79 Å². The minimum Gasteiger partial charge on any atom is -0.325 e. The van der Waals surface area contributed by atoms with Gasteiger partial charge in [0.25, 0.3) is 5.56 Å². The van der Waals surface area contributed by atoms with E-state index in [9.17, 15) is 14.4 Å². The first-order valence-corrected chi connectivity index (χ1v) is 12.8. The fourth-order valence-corrected chi connectivity index (χ4v) is 5.15. The largest absolute Gasteiger partial charge is 0.330 e. The number of carbonyl (C=O) groups is 1. The lowest BCUT2D eigenvalue weighted by Crippen LogP contribution is -2.31. The number of rotatable bonds is 7. The van der Waals surface area contributed by atoms with Crippen molar-refractivity contribution in [3.8, 4) is 0 Å². The maximum absolute atomic E-state index is 13.2. The number of aryl methyl sites for hydroxylation is 1. The number of hydrogen-bond donors (Lipinski definition) is 2. The van der Waals surface area contributed by atoms with Gasteiger partial charge in [0.1, 0.15) is 16.2 Å². The van der Waals surface area contributed by atoms with E-state index < -0.39 is 16.5 Å². The molecule has 1 atom stereocenters. The van der Waals surface area contributed by atoms with Crippen LogP contribution < -0.4 is 16.6 Å². The normalized spacial score (nSPS) is 16.7. The van der Waals surface area contributed by atoms with Crippen LogP contribution in [-0.4, -0.2) is 30.7 Å². The first-order valence-electron chi connectivity index (χ1n) is 11.9. The maximum Gasteiger partial charge on any atom is 0.330 e. The van der Waals surface area contributed by atoms with Crippen LogP contribution in [0.4, 0.5) is 5.69 Å². The fourth-order valence-electron chi connectivity index (χ4n) is 4.20. The van der Waals surface area contributed by atoms with Gasteiger partial charge in [0, 0.05) is 17.6 Å². The van der Waals surface area contributed by atoms with Gasteiger partial charge in [0.15, 0.2) is 5.65 Å². The highest BCUT2D eigenvalue weighted by Crippen LogP contribution is 2.41. The van der Waals surface area contributed by atoms with Gasteiger partial charge in [-0.2, -0.15) is 0 Å². The Bertz CT molecular complexity index is 1400. The zero-order valence-electron chi connectivity index (χ0n) is 19.8. The molecule has 1 amide bonds. The number of hydrogen-bond acceptors (Lipinski definition) is 6. The molecule has 2 aromatic heterocycles. The highest BCUT2D eigenvalue weighted by Gasteiger charge is 2.33. The van der Waals surface area contributed by atoms with Crippen molar-refractivity contribution < 1.29 is 4.79 Å². The molecule has 178 valence electrons. The summed E-state index contributed by atoms with van der Waals surface area (Å²) in [5.74, 6) is 1.01. The van der Waals surface area contributed by atoms with Gasteiger partial charge in [-0.15, -0.1) is 0 Å². The van der Waals surface area contributed by atoms with Crippen LogP contribution in [0.1, 0.15) is 81.3 Å². The number of aromatic nitrogens is 4. The zero-order valence-corrected chi connectivity index (χ0v) is 20.7. The van der Waals surface area contributed by atoms with Crippen molar-refractivity contribution in [2.45, 2.75) is 81.5 Å². The monoisotopic (exact) mass is 479 g/mol. The van der Waals surface area contributed by atoms with Gasteiger partial charge >= 0.3 is 5.69 Å². The Morgan fingerprint density at radius 1 is 1.15 bits per heavy atom. The second-order valence-corrected chi connectivity index (χ2v) is 11.0. The van der Waals surface area contributed by atoms with E-state index in [1.807, 2.05) is 32.0 Å². The summed E-state index contributed by atoms with van der Waals surface area (Å²) in [6, 6.07) is 6.07. The van der Waals surface area contributed by atoms with Gasteiger partial charge in [-0.1, -0.05) is 43.8 Å². The van der Waals surface area contributed by atoms with Crippen molar-refractivity contribution in [3.05, 3.63) is 56.0 Å². The molecule has 34 heavy (non-hydrogen) atoms. The molecule has 2 heterocycles. The molecular weight excluding hydrogens is 450 g/mol. The lowest BCUT2D eigenvalue weighted by molar-refractivity contribution is -0.115. The van der Waals surface area contributed by atoms with E-state index in [0.717, 1.165) is 42.5 Å². The van der Waals surface area contributed by atoms with Crippen LogP contribution in [0.3, 0.4) is 0 Å². The summed E-state index contributed by atoms with van der Waals surface area (Å²) in [4.78, 5) is 50.4. The van der Waals surface area contributed by atoms with Gasteiger partial charge in [0.05, 0.1) is 5.25 Å². The van der Waals surface area contributed by atoms with E-state index in [0.29, 0.717) is 21.9 Å². The molecule has 2 fully saturated rings. The highest BCUT2D eigenvalue weighted by molar-refractivity contribution is 8.00. The lowest BCUT2D eigenvalue weighted by Gasteiger charge is -2.19. The van der Waals surface area contributed by atoms with Gasteiger partial charge in [-0.3, -0.25) is 19.1 Å². The summed E-state index contributed by atoms with van der Waals surface area (Å²) in [6.07, 6.45) is 3.76. The highest BCUT2D eigenvalue weighted by atomic mass is 32.2. The Kier molecular flexibility index (Phi) is 5.83. The molecule has 2 aliphatic carbocycles. The predicted molar refractivity (Wildman–Crippen MR) is 134 cm³/mol. The summed E-state index contributed by atoms with van der Waals surface area (Å²) in [6.45, 7) is 7.99. The number of fused-ring (bicyclic) bond motifs is 1.